The average molecular weight is 294 g/mol. The summed E-state index contributed by atoms with van der Waals surface area (Å²) < 4.78 is 2.14. The molecule has 0 bridgehead atoms. The molecule has 0 unspecified atom stereocenters. The number of aryl methyl sites for hydroxylation is 3. The first-order chi connectivity index (χ1) is 10.2. The van der Waals surface area contributed by atoms with Gasteiger partial charge >= 0.3 is 0 Å². The highest BCUT2D eigenvalue weighted by atomic mass is 14.9. The minimum Gasteiger partial charge on any atom is -0.361 e. The number of benzene rings is 2. The molecule has 0 aliphatic heterocycles. The summed E-state index contributed by atoms with van der Waals surface area (Å²) in [5, 5.41) is 2.68. The number of nitrogens with zero attached hydrogens (tertiary/aromatic N) is 1. The van der Waals surface area contributed by atoms with Crippen LogP contribution in [-0.4, -0.2) is 9.55 Å². The SMILES string of the molecule is C.Cc1cccc2[nH]ccc12.Cc1cccc2c1ccn2C.[HH]. The smallest absolute Gasteiger partial charge is 0.0480 e. The summed E-state index contributed by atoms with van der Waals surface area (Å²) in [5.74, 6) is 0. The van der Waals surface area contributed by atoms with Gasteiger partial charge in [0.15, 0.2) is 0 Å². The zero-order valence-electron chi connectivity index (χ0n) is 12.7. The van der Waals surface area contributed by atoms with E-state index >= 15 is 0 Å². The van der Waals surface area contributed by atoms with Crippen molar-refractivity contribution in [1.29, 1.82) is 0 Å². The summed E-state index contributed by atoms with van der Waals surface area (Å²) in [4.78, 5) is 3.16. The number of fused-ring (bicyclic) bond motifs is 2. The van der Waals surface area contributed by atoms with Crippen molar-refractivity contribution in [1.82, 2.24) is 9.55 Å². The normalized spacial score (nSPS) is 10.1. The van der Waals surface area contributed by atoms with E-state index in [1.165, 1.54) is 32.9 Å². The molecule has 0 aliphatic rings. The van der Waals surface area contributed by atoms with Gasteiger partial charge in [-0.2, -0.15) is 0 Å². The van der Waals surface area contributed by atoms with E-state index in [-0.39, 0.29) is 8.85 Å². The highest BCUT2D eigenvalue weighted by Gasteiger charge is 1.97. The lowest BCUT2D eigenvalue weighted by Crippen LogP contribution is -1.83. The molecule has 2 aromatic heterocycles. The molecule has 0 fully saturated rings. The summed E-state index contributed by atoms with van der Waals surface area (Å²) in [6.45, 7) is 4.26. The van der Waals surface area contributed by atoms with Crippen LogP contribution < -0.4 is 0 Å². The van der Waals surface area contributed by atoms with Gasteiger partial charge in [0.1, 0.15) is 0 Å². The molecule has 2 heterocycles. The molecule has 2 nitrogen and oxygen atoms in total. The Bertz CT molecular complexity index is 887. The predicted octanol–water partition coefficient (Wildman–Crippen LogP) is 5.85. The Hall–Kier alpha value is -2.48. The van der Waals surface area contributed by atoms with E-state index in [9.17, 15) is 0 Å². The van der Waals surface area contributed by atoms with Crippen molar-refractivity contribution in [2.45, 2.75) is 21.3 Å². The molecule has 2 aromatic carbocycles. The molecule has 0 atom stereocenters. The summed E-state index contributed by atoms with van der Waals surface area (Å²) in [6.07, 6.45) is 4.06. The van der Waals surface area contributed by atoms with Gasteiger partial charge in [-0.15, -0.1) is 0 Å². The van der Waals surface area contributed by atoms with Crippen LogP contribution in [0.1, 0.15) is 20.0 Å². The Morgan fingerprint density at radius 2 is 1.55 bits per heavy atom. The molecule has 0 saturated heterocycles. The fourth-order valence-corrected chi connectivity index (χ4v) is 2.70. The van der Waals surface area contributed by atoms with Crippen molar-refractivity contribution in [2.24, 2.45) is 7.05 Å². The van der Waals surface area contributed by atoms with Crippen LogP contribution in [0.25, 0.3) is 21.8 Å². The Morgan fingerprint density at radius 1 is 0.864 bits per heavy atom. The van der Waals surface area contributed by atoms with E-state index in [0.29, 0.717) is 0 Å². The molecular weight excluding hydrogens is 268 g/mol. The molecule has 0 aliphatic carbocycles. The van der Waals surface area contributed by atoms with Gasteiger partial charge in [-0.1, -0.05) is 31.7 Å². The van der Waals surface area contributed by atoms with Crippen LogP contribution >= 0.6 is 0 Å². The Balaban J connectivity index is 0.000000212. The first-order valence-electron chi connectivity index (χ1n) is 7.20. The van der Waals surface area contributed by atoms with Crippen LogP contribution in [-0.2, 0) is 7.05 Å². The van der Waals surface area contributed by atoms with E-state index in [1.54, 1.807) is 0 Å². The second kappa shape index (κ2) is 6.52. The van der Waals surface area contributed by atoms with E-state index in [2.05, 4.69) is 85.2 Å². The summed E-state index contributed by atoms with van der Waals surface area (Å²) in [7, 11) is 2.07. The zero-order valence-corrected chi connectivity index (χ0v) is 12.7. The van der Waals surface area contributed by atoms with Crippen LogP contribution in [0, 0.1) is 13.8 Å². The fourth-order valence-electron chi connectivity index (χ4n) is 2.70. The molecule has 2 heteroatoms. The van der Waals surface area contributed by atoms with Crippen molar-refractivity contribution in [3.8, 4) is 0 Å². The van der Waals surface area contributed by atoms with Gasteiger partial charge < -0.3 is 9.55 Å². The maximum atomic E-state index is 3.16. The second-order valence-corrected chi connectivity index (χ2v) is 5.45. The minimum atomic E-state index is 0. The average Bonchev–Trinajstić information content (AvgIpc) is 3.09. The summed E-state index contributed by atoms with van der Waals surface area (Å²) >= 11 is 0. The molecular formula is C20H26N2. The molecule has 1 N–H and O–H groups in total. The van der Waals surface area contributed by atoms with E-state index in [0.717, 1.165) is 0 Å². The van der Waals surface area contributed by atoms with Gasteiger partial charge in [0, 0.05) is 42.7 Å². The minimum absolute atomic E-state index is 0. The number of hydrogen-bond acceptors (Lipinski definition) is 0. The van der Waals surface area contributed by atoms with Crippen molar-refractivity contribution in [3.63, 3.8) is 0 Å². The largest absolute Gasteiger partial charge is 0.361 e. The summed E-state index contributed by atoms with van der Waals surface area (Å²) in [5.41, 5.74) is 5.21. The van der Waals surface area contributed by atoms with Gasteiger partial charge in [0.2, 0.25) is 0 Å². The Labute approximate surface area is 133 Å². The topological polar surface area (TPSA) is 20.7 Å². The number of rotatable bonds is 0. The number of hydrogen-bond donors (Lipinski definition) is 1. The number of H-pyrrole nitrogens is 1. The molecule has 0 saturated carbocycles. The molecule has 116 valence electrons. The predicted molar refractivity (Wildman–Crippen MR) is 99.5 cm³/mol. The summed E-state index contributed by atoms with van der Waals surface area (Å²) in [6, 6.07) is 16.9. The fraction of sp³-hybridized carbons (Fsp3) is 0.200. The van der Waals surface area contributed by atoms with Crippen molar-refractivity contribution in [3.05, 3.63) is 72.1 Å². The monoisotopic (exact) mass is 294 g/mol. The lowest BCUT2D eigenvalue weighted by Gasteiger charge is -1.96. The molecule has 4 aromatic rings. The third-order valence-corrected chi connectivity index (χ3v) is 3.96. The maximum absolute atomic E-state index is 3.16. The molecule has 4 rings (SSSR count). The maximum Gasteiger partial charge on any atom is 0.0480 e. The lowest BCUT2D eigenvalue weighted by atomic mass is 10.1. The second-order valence-electron chi connectivity index (χ2n) is 5.45. The molecule has 0 spiro atoms. The quantitative estimate of drug-likeness (QED) is 0.420. The number of aromatic nitrogens is 2. The van der Waals surface area contributed by atoms with Crippen LogP contribution in [0.4, 0.5) is 0 Å². The third-order valence-electron chi connectivity index (χ3n) is 3.96. The van der Waals surface area contributed by atoms with Gasteiger partial charge in [-0.05, 0) is 49.2 Å². The lowest BCUT2D eigenvalue weighted by molar-refractivity contribution is 0.969. The van der Waals surface area contributed by atoms with Gasteiger partial charge in [0.05, 0.1) is 0 Å². The van der Waals surface area contributed by atoms with Crippen molar-refractivity contribution in [2.75, 3.05) is 0 Å². The van der Waals surface area contributed by atoms with Gasteiger partial charge in [-0.3, -0.25) is 0 Å². The molecule has 0 amide bonds. The Kier molecular flexibility index (Phi) is 4.71. The van der Waals surface area contributed by atoms with E-state index in [1.807, 2.05) is 6.20 Å². The van der Waals surface area contributed by atoms with Crippen LogP contribution in [0.3, 0.4) is 0 Å². The number of aromatic amines is 1. The highest BCUT2D eigenvalue weighted by molar-refractivity contribution is 5.83. The molecule has 0 radical (unpaired) electrons. The third kappa shape index (κ3) is 2.91. The van der Waals surface area contributed by atoms with Crippen LogP contribution in [0.15, 0.2) is 60.9 Å². The van der Waals surface area contributed by atoms with Crippen molar-refractivity contribution >= 4 is 21.8 Å². The van der Waals surface area contributed by atoms with Crippen molar-refractivity contribution < 1.29 is 1.43 Å². The van der Waals surface area contributed by atoms with E-state index in [4.69, 9.17) is 0 Å². The Morgan fingerprint density at radius 3 is 2.23 bits per heavy atom. The van der Waals surface area contributed by atoms with Crippen LogP contribution in [0.2, 0.25) is 0 Å². The van der Waals surface area contributed by atoms with E-state index < -0.39 is 0 Å². The van der Waals surface area contributed by atoms with Gasteiger partial charge in [-0.25, -0.2) is 0 Å². The highest BCUT2D eigenvalue weighted by Crippen LogP contribution is 2.18. The number of nitrogens with one attached hydrogen (secondary N) is 1. The first kappa shape index (κ1) is 15.9. The first-order valence-corrected chi connectivity index (χ1v) is 7.20. The molecule has 22 heavy (non-hydrogen) atoms. The van der Waals surface area contributed by atoms with Gasteiger partial charge in [0.25, 0.3) is 0 Å². The standard InChI is InChI=1S/C10H11N.C9H9N.CH4.H2/c1-8-4-3-5-10-9(8)6-7-11(10)2;1-7-3-2-4-9-8(7)5-6-10-9;;/h3-7H,1-2H3;2-6,10H,1H3;1H4;1H. The van der Waals surface area contributed by atoms with Crippen LogP contribution in [0.5, 0.6) is 0 Å². The zero-order chi connectivity index (χ0) is 14.8.